The highest BCUT2D eigenvalue weighted by Gasteiger charge is 2.07. The van der Waals surface area contributed by atoms with Crippen LogP contribution in [0, 0.1) is 0 Å². The first kappa shape index (κ1) is 21.9. The maximum atomic E-state index is 5.87. The fourth-order valence-electron chi connectivity index (χ4n) is 3.21. The molecule has 4 rings (SSSR count). The Bertz CT molecular complexity index is 1310. The van der Waals surface area contributed by atoms with Crippen LogP contribution in [0.3, 0.4) is 0 Å². The lowest BCUT2D eigenvalue weighted by atomic mass is 10.1. The molecule has 0 spiro atoms. The minimum absolute atomic E-state index is 0.362. The van der Waals surface area contributed by atoms with Gasteiger partial charge >= 0.3 is 0 Å². The van der Waals surface area contributed by atoms with Crippen LogP contribution in [0.25, 0.3) is 16.6 Å². The Balaban J connectivity index is 1.54. The van der Waals surface area contributed by atoms with E-state index in [1.165, 1.54) is 6.20 Å². The standard InChI is InChI=1S/C25H26N8/c1-16(2)18-10-25(33-30-15-18)32-24-8-7-22-23(31-24)9-19(14-29-22)20(11-26)13-28-12-17-3-5-21(27)6-4-17/h3-11,13-16H,12,26-27H2,1-2H3,(H,31,32,33). The SMILES string of the molecule is CC(C)c1cnnc(Nc2ccc3ncc(C(C=NCc4ccc(N)cc4)=CN)cc3n2)c1. The van der Waals surface area contributed by atoms with Crippen molar-refractivity contribution in [1.29, 1.82) is 0 Å². The Morgan fingerprint density at radius 2 is 1.85 bits per heavy atom. The Morgan fingerprint density at radius 3 is 2.61 bits per heavy atom. The van der Waals surface area contributed by atoms with Crippen molar-refractivity contribution in [3.63, 3.8) is 0 Å². The van der Waals surface area contributed by atoms with Crippen LogP contribution in [0.2, 0.25) is 0 Å². The molecule has 5 N–H and O–H groups in total. The van der Waals surface area contributed by atoms with E-state index in [0.29, 0.717) is 24.1 Å². The van der Waals surface area contributed by atoms with E-state index >= 15 is 0 Å². The fraction of sp³-hybridized carbons (Fsp3) is 0.160. The number of allylic oxidation sites excluding steroid dienone is 1. The lowest BCUT2D eigenvalue weighted by Gasteiger charge is -2.09. The Hall–Kier alpha value is -4.33. The number of anilines is 3. The summed E-state index contributed by atoms with van der Waals surface area (Å²) in [7, 11) is 0. The quantitative estimate of drug-likeness (QED) is 0.287. The van der Waals surface area contributed by atoms with Gasteiger partial charge in [0, 0.05) is 35.4 Å². The third-order valence-electron chi connectivity index (χ3n) is 5.13. The molecular weight excluding hydrogens is 412 g/mol. The zero-order chi connectivity index (χ0) is 23.2. The molecular formula is C25H26N8. The van der Waals surface area contributed by atoms with Crippen LogP contribution in [0.4, 0.5) is 17.3 Å². The van der Waals surface area contributed by atoms with Gasteiger partial charge < -0.3 is 16.8 Å². The number of aromatic nitrogens is 4. The Kier molecular flexibility index (Phi) is 6.54. The molecule has 0 aliphatic rings. The minimum atomic E-state index is 0.362. The van der Waals surface area contributed by atoms with Gasteiger partial charge in [-0.1, -0.05) is 26.0 Å². The van der Waals surface area contributed by atoms with Crippen LogP contribution >= 0.6 is 0 Å². The zero-order valence-corrected chi connectivity index (χ0v) is 18.6. The number of hydrogen-bond donors (Lipinski definition) is 3. The Morgan fingerprint density at radius 1 is 1.03 bits per heavy atom. The van der Waals surface area contributed by atoms with Crippen LogP contribution in [-0.4, -0.2) is 26.4 Å². The van der Waals surface area contributed by atoms with Gasteiger partial charge in [0.05, 0.1) is 23.8 Å². The number of rotatable bonds is 7. The molecule has 0 aliphatic carbocycles. The third kappa shape index (κ3) is 5.48. The lowest BCUT2D eigenvalue weighted by molar-refractivity contribution is 0.843. The van der Waals surface area contributed by atoms with Crippen LogP contribution in [0.5, 0.6) is 0 Å². The maximum absolute atomic E-state index is 5.87. The van der Waals surface area contributed by atoms with Gasteiger partial charge in [0.25, 0.3) is 0 Å². The molecule has 3 heterocycles. The van der Waals surface area contributed by atoms with E-state index < -0.39 is 0 Å². The summed E-state index contributed by atoms with van der Waals surface area (Å²) in [5.41, 5.74) is 17.6. The Labute approximate surface area is 192 Å². The van der Waals surface area contributed by atoms with Crippen molar-refractivity contribution in [3.8, 4) is 0 Å². The predicted molar refractivity (Wildman–Crippen MR) is 134 cm³/mol. The highest BCUT2D eigenvalue weighted by atomic mass is 15.2. The van der Waals surface area contributed by atoms with Crippen LogP contribution in [0.1, 0.15) is 36.5 Å². The average molecular weight is 439 g/mol. The van der Waals surface area contributed by atoms with E-state index in [4.69, 9.17) is 16.5 Å². The fourth-order valence-corrected chi connectivity index (χ4v) is 3.21. The predicted octanol–water partition coefficient (Wildman–Crippen LogP) is 4.44. The van der Waals surface area contributed by atoms with Gasteiger partial charge in [-0.05, 0) is 53.4 Å². The largest absolute Gasteiger partial charge is 0.404 e. The molecule has 0 aliphatic heterocycles. The van der Waals surface area contributed by atoms with Crippen molar-refractivity contribution < 1.29 is 0 Å². The first-order valence-corrected chi connectivity index (χ1v) is 10.6. The zero-order valence-electron chi connectivity index (χ0n) is 18.6. The number of nitrogens with two attached hydrogens (primary N) is 2. The lowest BCUT2D eigenvalue weighted by Crippen LogP contribution is -2.00. The summed E-state index contributed by atoms with van der Waals surface area (Å²) in [5, 5.41) is 11.4. The molecule has 4 aromatic rings. The minimum Gasteiger partial charge on any atom is -0.404 e. The summed E-state index contributed by atoms with van der Waals surface area (Å²) in [5.74, 6) is 1.67. The molecule has 0 unspecified atom stereocenters. The molecule has 0 atom stereocenters. The highest BCUT2D eigenvalue weighted by molar-refractivity contribution is 6.10. The third-order valence-corrected chi connectivity index (χ3v) is 5.13. The molecule has 0 saturated heterocycles. The molecule has 1 aromatic carbocycles. The summed E-state index contributed by atoms with van der Waals surface area (Å²) in [6.07, 6.45) is 6.80. The van der Waals surface area contributed by atoms with Crippen LogP contribution < -0.4 is 16.8 Å². The molecule has 33 heavy (non-hydrogen) atoms. The molecule has 0 radical (unpaired) electrons. The first-order chi connectivity index (χ1) is 16.0. The molecule has 166 valence electrons. The monoisotopic (exact) mass is 438 g/mol. The second-order valence-corrected chi connectivity index (χ2v) is 7.95. The van der Waals surface area contributed by atoms with Crippen molar-refractivity contribution in [1.82, 2.24) is 20.2 Å². The number of aliphatic imine (C=N–C) groups is 1. The van der Waals surface area contributed by atoms with Gasteiger partial charge in [0.15, 0.2) is 5.82 Å². The van der Waals surface area contributed by atoms with E-state index in [1.807, 2.05) is 48.5 Å². The average Bonchev–Trinajstić information content (AvgIpc) is 2.83. The number of nitrogen functional groups attached to an aromatic ring is 1. The highest BCUT2D eigenvalue weighted by Crippen LogP contribution is 2.21. The summed E-state index contributed by atoms with van der Waals surface area (Å²) >= 11 is 0. The van der Waals surface area contributed by atoms with Crippen molar-refractivity contribution in [2.45, 2.75) is 26.3 Å². The second-order valence-electron chi connectivity index (χ2n) is 7.95. The van der Waals surface area contributed by atoms with Gasteiger partial charge in [-0.15, -0.1) is 5.10 Å². The van der Waals surface area contributed by atoms with E-state index in [0.717, 1.165) is 39.0 Å². The smallest absolute Gasteiger partial charge is 0.154 e. The molecule has 0 bridgehead atoms. The van der Waals surface area contributed by atoms with Gasteiger partial charge in [0.2, 0.25) is 0 Å². The molecule has 8 heteroatoms. The topological polar surface area (TPSA) is 128 Å². The number of pyridine rings is 2. The molecule has 0 fully saturated rings. The molecule has 3 aromatic heterocycles. The number of nitrogens with zero attached hydrogens (tertiary/aromatic N) is 5. The van der Waals surface area contributed by atoms with E-state index in [9.17, 15) is 0 Å². The number of nitrogens with one attached hydrogen (secondary N) is 1. The first-order valence-electron chi connectivity index (χ1n) is 10.6. The van der Waals surface area contributed by atoms with Crippen LogP contribution in [-0.2, 0) is 6.54 Å². The second kappa shape index (κ2) is 9.86. The molecule has 8 nitrogen and oxygen atoms in total. The van der Waals surface area contributed by atoms with Crippen LogP contribution in [0.15, 0.2) is 72.1 Å². The maximum Gasteiger partial charge on any atom is 0.154 e. The summed E-state index contributed by atoms with van der Waals surface area (Å²) < 4.78 is 0. The van der Waals surface area contributed by atoms with Gasteiger partial charge in [0.1, 0.15) is 5.82 Å². The van der Waals surface area contributed by atoms with Gasteiger partial charge in [-0.25, -0.2) is 4.98 Å². The van der Waals surface area contributed by atoms with E-state index in [1.54, 1.807) is 18.6 Å². The van der Waals surface area contributed by atoms with Crippen molar-refractivity contribution in [2.24, 2.45) is 10.7 Å². The van der Waals surface area contributed by atoms with Crippen molar-refractivity contribution in [2.75, 3.05) is 11.1 Å². The van der Waals surface area contributed by atoms with Crippen molar-refractivity contribution in [3.05, 3.63) is 83.8 Å². The summed E-state index contributed by atoms with van der Waals surface area (Å²) in [6, 6.07) is 15.3. The van der Waals surface area contributed by atoms with E-state index in [2.05, 4.69) is 39.3 Å². The molecule has 0 saturated carbocycles. The number of benzene rings is 1. The number of hydrogen-bond acceptors (Lipinski definition) is 8. The van der Waals surface area contributed by atoms with Gasteiger partial charge in [-0.2, -0.15) is 5.10 Å². The van der Waals surface area contributed by atoms with E-state index in [-0.39, 0.29) is 0 Å². The summed E-state index contributed by atoms with van der Waals surface area (Å²) in [4.78, 5) is 13.7. The molecule has 0 amide bonds. The van der Waals surface area contributed by atoms with Crippen molar-refractivity contribution >= 4 is 40.1 Å². The normalized spacial score (nSPS) is 12.0. The number of fused-ring (bicyclic) bond motifs is 1. The van der Waals surface area contributed by atoms with Gasteiger partial charge in [-0.3, -0.25) is 9.98 Å². The summed E-state index contributed by atoms with van der Waals surface area (Å²) in [6.45, 7) is 4.76.